The highest BCUT2D eigenvalue weighted by atomic mass is 16.3. The Morgan fingerprint density at radius 3 is 2.53 bits per heavy atom. The largest absolute Gasteiger partial charge is 0.390 e. The second-order valence-corrected chi connectivity index (χ2v) is 5.78. The summed E-state index contributed by atoms with van der Waals surface area (Å²) in [5.41, 5.74) is -0.679. The summed E-state index contributed by atoms with van der Waals surface area (Å²) in [6, 6.07) is 1.83. The third kappa shape index (κ3) is 2.64. The van der Waals surface area contributed by atoms with Crippen molar-refractivity contribution in [3.8, 4) is 0 Å². The van der Waals surface area contributed by atoms with Crippen molar-refractivity contribution in [2.75, 3.05) is 13.1 Å². The third-order valence-electron chi connectivity index (χ3n) is 3.98. The fraction of sp³-hybridized carbons (Fsp3) is 0.692. The van der Waals surface area contributed by atoms with Gasteiger partial charge in [0.15, 0.2) is 0 Å². The molecule has 2 heterocycles. The van der Waals surface area contributed by atoms with Gasteiger partial charge in [-0.3, -0.25) is 4.90 Å². The van der Waals surface area contributed by atoms with E-state index in [4.69, 9.17) is 0 Å². The normalized spacial score (nSPS) is 29.2. The van der Waals surface area contributed by atoms with Crippen molar-refractivity contribution in [1.29, 1.82) is 0 Å². The van der Waals surface area contributed by atoms with Crippen molar-refractivity contribution in [2.24, 2.45) is 5.41 Å². The molecule has 0 bridgehead atoms. The van der Waals surface area contributed by atoms with E-state index < -0.39 is 5.60 Å². The molecule has 17 heavy (non-hydrogen) atoms. The average Bonchev–Trinajstić information content (AvgIpc) is 2.25. The lowest BCUT2D eigenvalue weighted by Gasteiger charge is -2.48. The second-order valence-electron chi connectivity index (χ2n) is 5.78. The lowest BCUT2D eigenvalue weighted by molar-refractivity contribution is -0.107. The fourth-order valence-electron chi connectivity index (χ4n) is 2.27. The van der Waals surface area contributed by atoms with Gasteiger partial charge < -0.3 is 5.11 Å². The lowest BCUT2D eigenvalue weighted by atomic mass is 9.71. The molecule has 2 rings (SSSR count). The smallest absolute Gasteiger partial charge is 0.142 e. The number of aliphatic hydroxyl groups is 1. The standard InChI is InChI=1S/C13H21N3O/c1-12(2)10-16(8-5-13(12,3)17)9-11-14-6-4-7-15-11/h4,6-7,17H,5,8-10H2,1-3H3/t13-/m1/s1. The fourth-order valence-corrected chi connectivity index (χ4v) is 2.27. The van der Waals surface area contributed by atoms with Gasteiger partial charge in [-0.1, -0.05) is 13.8 Å². The van der Waals surface area contributed by atoms with Crippen molar-refractivity contribution in [3.63, 3.8) is 0 Å². The first-order valence-corrected chi connectivity index (χ1v) is 6.11. The Bertz CT molecular complexity index is 376. The molecule has 4 heteroatoms. The molecule has 1 aromatic heterocycles. The lowest BCUT2D eigenvalue weighted by Crippen LogP contribution is -2.55. The van der Waals surface area contributed by atoms with E-state index in [1.807, 2.05) is 13.0 Å². The van der Waals surface area contributed by atoms with E-state index in [1.165, 1.54) is 0 Å². The molecule has 0 unspecified atom stereocenters. The van der Waals surface area contributed by atoms with Gasteiger partial charge >= 0.3 is 0 Å². The van der Waals surface area contributed by atoms with Crippen molar-refractivity contribution in [2.45, 2.75) is 39.3 Å². The first kappa shape index (κ1) is 12.5. The van der Waals surface area contributed by atoms with Crippen LogP contribution in [0.25, 0.3) is 0 Å². The molecule has 0 spiro atoms. The highest BCUT2D eigenvalue weighted by Gasteiger charge is 2.43. The third-order valence-corrected chi connectivity index (χ3v) is 3.98. The van der Waals surface area contributed by atoms with Crippen LogP contribution in [0.2, 0.25) is 0 Å². The van der Waals surface area contributed by atoms with E-state index in [0.29, 0.717) is 0 Å². The number of piperidine rings is 1. The number of rotatable bonds is 2. The van der Waals surface area contributed by atoms with Crippen LogP contribution in [0, 0.1) is 5.41 Å². The molecule has 0 aromatic carbocycles. The van der Waals surface area contributed by atoms with Gasteiger partial charge in [-0.2, -0.15) is 0 Å². The Kier molecular flexibility index (Phi) is 3.19. The summed E-state index contributed by atoms with van der Waals surface area (Å²) in [6.45, 7) is 8.70. The SMILES string of the molecule is CC1(C)CN(Cc2ncccn2)CC[C@@]1(C)O. The van der Waals surface area contributed by atoms with Crippen molar-refractivity contribution >= 4 is 0 Å². The summed E-state index contributed by atoms with van der Waals surface area (Å²) in [7, 11) is 0. The Labute approximate surface area is 103 Å². The Hall–Kier alpha value is -1.00. The number of hydrogen-bond acceptors (Lipinski definition) is 4. The quantitative estimate of drug-likeness (QED) is 0.843. The number of aromatic nitrogens is 2. The summed E-state index contributed by atoms with van der Waals surface area (Å²) in [6.07, 6.45) is 4.34. The minimum Gasteiger partial charge on any atom is -0.390 e. The van der Waals surface area contributed by atoms with Gasteiger partial charge in [0.2, 0.25) is 0 Å². The van der Waals surface area contributed by atoms with E-state index in [1.54, 1.807) is 12.4 Å². The van der Waals surface area contributed by atoms with E-state index in [0.717, 1.165) is 31.9 Å². The van der Waals surface area contributed by atoms with Gasteiger partial charge in [-0.15, -0.1) is 0 Å². The van der Waals surface area contributed by atoms with E-state index in [2.05, 4.69) is 28.7 Å². The molecule has 1 fully saturated rings. The van der Waals surface area contributed by atoms with Crippen molar-refractivity contribution < 1.29 is 5.11 Å². The molecule has 1 aliphatic heterocycles. The first-order valence-electron chi connectivity index (χ1n) is 6.11. The molecular weight excluding hydrogens is 214 g/mol. The predicted molar refractivity (Wildman–Crippen MR) is 66.3 cm³/mol. The minimum atomic E-state index is -0.582. The molecule has 1 saturated heterocycles. The molecule has 4 nitrogen and oxygen atoms in total. The molecule has 1 aliphatic rings. The van der Waals surface area contributed by atoms with Crippen LogP contribution in [0.4, 0.5) is 0 Å². The molecule has 0 aliphatic carbocycles. The zero-order valence-corrected chi connectivity index (χ0v) is 10.8. The van der Waals surface area contributed by atoms with Crippen LogP contribution in [0.3, 0.4) is 0 Å². The monoisotopic (exact) mass is 235 g/mol. The van der Waals surface area contributed by atoms with Crippen LogP contribution < -0.4 is 0 Å². The summed E-state index contributed by atoms with van der Waals surface area (Å²) in [5.74, 6) is 0.852. The molecule has 94 valence electrons. The molecular formula is C13H21N3O. The molecule has 0 radical (unpaired) electrons. The molecule has 0 amide bonds. The van der Waals surface area contributed by atoms with Gasteiger partial charge in [-0.25, -0.2) is 9.97 Å². The van der Waals surface area contributed by atoms with Gasteiger partial charge in [-0.05, 0) is 19.4 Å². The first-order chi connectivity index (χ1) is 7.91. The van der Waals surface area contributed by atoms with Gasteiger partial charge in [0, 0.05) is 30.9 Å². The molecule has 1 N–H and O–H groups in total. The minimum absolute atomic E-state index is 0.0972. The van der Waals surface area contributed by atoms with Crippen LogP contribution in [0.1, 0.15) is 33.0 Å². The topological polar surface area (TPSA) is 49.2 Å². The molecule has 0 saturated carbocycles. The van der Waals surface area contributed by atoms with Crippen LogP contribution in [-0.4, -0.2) is 38.7 Å². The van der Waals surface area contributed by atoms with Crippen LogP contribution >= 0.6 is 0 Å². The van der Waals surface area contributed by atoms with Crippen LogP contribution in [0.5, 0.6) is 0 Å². The zero-order valence-electron chi connectivity index (χ0n) is 10.8. The van der Waals surface area contributed by atoms with E-state index >= 15 is 0 Å². The maximum atomic E-state index is 10.3. The van der Waals surface area contributed by atoms with Crippen molar-refractivity contribution in [1.82, 2.24) is 14.9 Å². The Morgan fingerprint density at radius 2 is 1.94 bits per heavy atom. The van der Waals surface area contributed by atoms with E-state index in [-0.39, 0.29) is 5.41 Å². The Morgan fingerprint density at radius 1 is 1.29 bits per heavy atom. The predicted octanol–water partition coefficient (Wildman–Crippen LogP) is 1.46. The van der Waals surface area contributed by atoms with Crippen LogP contribution in [0.15, 0.2) is 18.5 Å². The van der Waals surface area contributed by atoms with Crippen LogP contribution in [-0.2, 0) is 6.54 Å². The Balaban J connectivity index is 2.02. The second kappa shape index (κ2) is 4.35. The molecule has 1 aromatic rings. The highest BCUT2D eigenvalue weighted by Crippen LogP contribution is 2.38. The number of likely N-dealkylation sites (tertiary alicyclic amines) is 1. The highest BCUT2D eigenvalue weighted by molar-refractivity contribution is 4.98. The van der Waals surface area contributed by atoms with Gasteiger partial charge in [0.05, 0.1) is 12.1 Å². The summed E-state index contributed by atoms with van der Waals surface area (Å²) in [4.78, 5) is 10.8. The van der Waals surface area contributed by atoms with Gasteiger partial charge in [0.1, 0.15) is 5.82 Å². The number of hydrogen-bond donors (Lipinski definition) is 1. The summed E-state index contributed by atoms with van der Waals surface area (Å²) >= 11 is 0. The van der Waals surface area contributed by atoms with Gasteiger partial charge in [0.25, 0.3) is 0 Å². The summed E-state index contributed by atoms with van der Waals surface area (Å²) < 4.78 is 0. The summed E-state index contributed by atoms with van der Waals surface area (Å²) in [5, 5.41) is 10.3. The number of nitrogens with zero attached hydrogens (tertiary/aromatic N) is 3. The van der Waals surface area contributed by atoms with E-state index in [9.17, 15) is 5.11 Å². The van der Waals surface area contributed by atoms with Crippen molar-refractivity contribution in [3.05, 3.63) is 24.3 Å². The maximum absolute atomic E-state index is 10.3. The maximum Gasteiger partial charge on any atom is 0.142 e. The average molecular weight is 235 g/mol. The molecule has 1 atom stereocenters. The zero-order chi connectivity index (χ0) is 12.5.